The Morgan fingerprint density at radius 3 is 0.750 bits per heavy atom. The molecule has 0 amide bonds. The molecule has 13 nitrogen and oxygen atoms in total. The molecule has 18 heteroatoms. The van der Waals surface area contributed by atoms with E-state index >= 15 is 0 Å². The van der Waals surface area contributed by atoms with E-state index in [1.54, 1.807) is 6.07 Å². The number of aromatic nitrogens is 12. The molecule has 584 valence electrons. The van der Waals surface area contributed by atoms with Gasteiger partial charge in [0, 0.05) is 258 Å². The number of rotatable bonds is 12. The smallest absolute Gasteiger partial charge is 0.118 e. The van der Waals surface area contributed by atoms with Gasteiger partial charge >= 0.3 is 0 Å². The summed E-state index contributed by atoms with van der Waals surface area (Å²) in [4.78, 5) is 41.1. The van der Waals surface area contributed by atoms with Gasteiger partial charge in [-0.1, -0.05) is 113 Å². The molecule has 0 saturated carbocycles. The highest BCUT2D eigenvalue weighted by atomic mass is 35.5. The number of fused-ring (bicyclic) bond motifs is 8. The zero-order chi connectivity index (χ0) is 81.1. The van der Waals surface area contributed by atoms with Crippen LogP contribution in [0.1, 0.15) is 135 Å². The molecule has 0 aliphatic rings. The Hall–Kier alpha value is -11.6. The fourth-order valence-corrected chi connectivity index (χ4v) is 19.5. The van der Waals surface area contributed by atoms with Gasteiger partial charge in [-0.05, 0) is 238 Å². The third kappa shape index (κ3) is 13.4. The molecule has 0 spiro atoms. The maximum Gasteiger partial charge on any atom is 0.118 e. The molecule has 12 heterocycles. The van der Waals surface area contributed by atoms with Gasteiger partial charge in [-0.3, -0.25) is 0 Å². The Kier molecular flexibility index (Phi) is 20.3. The van der Waals surface area contributed by atoms with Gasteiger partial charge < -0.3 is 64.9 Å². The summed E-state index contributed by atoms with van der Waals surface area (Å²) in [7, 11) is 0. The molecule has 0 radical (unpaired) electrons. The highest BCUT2D eigenvalue weighted by Crippen LogP contribution is 2.52. The number of aromatic hydroxyl groups is 1. The van der Waals surface area contributed by atoms with Crippen LogP contribution in [0.4, 0.5) is 0 Å². The molecular weight excluding hydrogens is 1540 g/mol. The normalized spacial score (nSPS) is 11.9. The van der Waals surface area contributed by atoms with Crippen LogP contribution in [0.2, 0.25) is 25.1 Å². The summed E-state index contributed by atoms with van der Waals surface area (Å²) in [5, 5.41) is 23.3. The van der Waals surface area contributed by atoms with Crippen molar-refractivity contribution in [1.29, 1.82) is 0 Å². The van der Waals surface area contributed by atoms with Crippen molar-refractivity contribution in [3.63, 3.8) is 0 Å². The number of aromatic amines is 12. The van der Waals surface area contributed by atoms with E-state index in [2.05, 4.69) is 223 Å². The van der Waals surface area contributed by atoms with E-state index in [-0.39, 0.29) is 11.7 Å². The summed E-state index contributed by atoms with van der Waals surface area (Å²) in [5.74, 6) is 1.47. The third-order valence-corrected chi connectivity index (χ3v) is 24.4. The number of aryl methyl sites for hydroxylation is 6. The highest BCUT2D eigenvalue weighted by Gasteiger charge is 2.31. The minimum Gasteiger partial charge on any atom is -0.508 e. The standard InChI is InChI=1S/2C25H24ClN3.C24H21Cl2N3.C24H22ClN3O/c2*1-13(2)22-23(24-17-8-10-27-20(17)6-5-19(24)26)15(4)29-25(22)18-11-14(3)12-21-16(18)7-9-28-21;1-12(2)21-22(23-16-7-9-27-19(16)5-4-18(23)26)13(3)29-24(21)17-10-14(25)11-20-15(17)6-8-28-20;1-12(2)21-22(23-16-7-9-26-19(16)5-4-18(23)25)13(3)28-24(21)17-10-14(29)11-20-15(17)6-8-27-20/h2*5-13,27-29H,1-4H3;4-12,27-29H,1-3H3;4-12,26-29H,1-3H3. The Balaban J connectivity index is 0.000000111. The van der Waals surface area contributed by atoms with Crippen LogP contribution >= 0.6 is 58.0 Å². The summed E-state index contributed by atoms with van der Waals surface area (Å²) in [6.45, 7) is 30.6. The molecule has 12 aromatic heterocycles. The molecule has 8 aromatic carbocycles. The fraction of sp³-hybridized carbons (Fsp3) is 0.184. The van der Waals surface area contributed by atoms with E-state index < -0.39 is 0 Å². The molecule has 0 fully saturated rings. The largest absolute Gasteiger partial charge is 0.508 e. The molecule has 20 aromatic rings. The summed E-state index contributed by atoms with van der Waals surface area (Å²) >= 11 is 33.5. The third-order valence-electron chi connectivity index (χ3n) is 22.9. The first-order valence-corrected chi connectivity index (χ1v) is 41.4. The number of benzene rings is 8. The lowest BCUT2D eigenvalue weighted by Crippen LogP contribution is -1.94. The van der Waals surface area contributed by atoms with E-state index in [0.29, 0.717) is 22.8 Å². The van der Waals surface area contributed by atoms with E-state index in [9.17, 15) is 5.11 Å². The molecule has 0 unspecified atom stereocenters. The van der Waals surface area contributed by atoms with E-state index in [1.807, 2.05) is 122 Å². The van der Waals surface area contributed by atoms with Crippen LogP contribution in [0.15, 0.2) is 195 Å². The Morgan fingerprint density at radius 1 is 0.241 bits per heavy atom. The van der Waals surface area contributed by atoms with Crippen LogP contribution in [0.5, 0.6) is 5.75 Å². The molecule has 0 atom stereocenters. The lowest BCUT2D eigenvalue weighted by molar-refractivity contribution is 0.476. The summed E-state index contributed by atoms with van der Waals surface area (Å²) in [6.07, 6.45) is 15.7. The topological polar surface area (TPSA) is 210 Å². The first-order valence-electron chi connectivity index (χ1n) is 39.5. The van der Waals surface area contributed by atoms with Crippen LogP contribution in [-0.4, -0.2) is 64.9 Å². The minimum absolute atomic E-state index is 0.240. The number of hydrogen-bond donors (Lipinski definition) is 13. The zero-order valence-corrected chi connectivity index (χ0v) is 70.9. The van der Waals surface area contributed by atoms with Crippen LogP contribution in [-0.2, 0) is 0 Å². The fourth-order valence-electron chi connectivity index (χ4n) is 18.2. The van der Waals surface area contributed by atoms with Crippen molar-refractivity contribution in [3.8, 4) is 95.3 Å². The molecule has 20 rings (SSSR count). The number of nitrogens with one attached hydrogen (secondary N) is 12. The molecule has 0 bridgehead atoms. The predicted molar refractivity (Wildman–Crippen MR) is 493 cm³/mol. The number of phenolic OH excluding ortho intramolecular Hbond substituents is 1. The number of hydrogen-bond acceptors (Lipinski definition) is 1. The average molecular weight is 1630 g/mol. The van der Waals surface area contributed by atoms with E-state index in [4.69, 9.17) is 58.0 Å². The highest BCUT2D eigenvalue weighted by molar-refractivity contribution is 6.37. The van der Waals surface area contributed by atoms with Crippen molar-refractivity contribution in [2.75, 3.05) is 0 Å². The van der Waals surface area contributed by atoms with Gasteiger partial charge in [-0.2, -0.15) is 0 Å². The van der Waals surface area contributed by atoms with Crippen molar-refractivity contribution in [1.82, 2.24) is 59.8 Å². The van der Waals surface area contributed by atoms with Crippen molar-refractivity contribution in [2.24, 2.45) is 0 Å². The van der Waals surface area contributed by atoms with Gasteiger partial charge in [0.25, 0.3) is 0 Å². The van der Waals surface area contributed by atoms with Gasteiger partial charge in [0.2, 0.25) is 0 Å². The quantitative estimate of drug-likeness (QED) is 0.0566. The van der Waals surface area contributed by atoms with Crippen LogP contribution < -0.4 is 0 Å². The Labute approximate surface area is 697 Å². The summed E-state index contributed by atoms with van der Waals surface area (Å²) in [5.41, 5.74) is 38.7. The van der Waals surface area contributed by atoms with Gasteiger partial charge in [0.1, 0.15) is 5.75 Å². The number of phenols is 1. The summed E-state index contributed by atoms with van der Waals surface area (Å²) < 4.78 is 0. The van der Waals surface area contributed by atoms with Crippen LogP contribution in [0.3, 0.4) is 0 Å². The molecular formula is C98H91Cl5N12O. The van der Waals surface area contributed by atoms with E-state index in [0.717, 1.165) is 170 Å². The summed E-state index contributed by atoms with van der Waals surface area (Å²) in [6, 6.07) is 49.4. The maximum absolute atomic E-state index is 10.3. The molecule has 0 aliphatic carbocycles. The van der Waals surface area contributed by atoms with Crippen LogP contribution in [0.25, 0.3) is 177 Å². The molecule has 0 saturated heterocycles. The number of H-pyrrole nitrogens is 12. The lowest BCUT2D eigenvalue weighted by Gasteiger charge is -2.15. The van der Waals surface area contributed by atoms with Crippen molar-refractivity contribution in [3.05, 3.63) is 276 Å². The van der Waals surface area contributed by atoms with Gasteiger partial charge in [-0.15, -0.1) is 0 Å². The zero-order valence-electron chi connectivity index (χ0n) is 67.1. The van der Waals surface area contributed by atoms with Gasteiger partial charge in [0.05, 0.1) is 22.8 Å². The second-order valence-corrected chi connectivity index (χ2v) is 34.1. The first kappa shape index (κ1) is 77.0. The van der Waals surface area contributed by atoms with E-state index in [1.165, 1.54) is 83.4 Å². The maximum atomic E-state index is 10.3. The lowest BCUT2D eigenvalue weighted by atomic mass is 9.89. The second kappa shape index (κ2) is 30.6. The van der Waals surface area contributed by atoms with Gasteiger partial charge in [-0.25, -0.2) is 0 Å². The average Bonchev–Trinajstić information content (AvgIpc) is 1.59. The molecule has 13 N–H and O–H groups in total. The molecule has 0 aliphatic heterocycles. The van der Waals surface area contributed by atoms with Crippen LogP contribution in [0, 0.1) is 41.5 Å². The second-order valence-electron chi connectivity index (χ2n) is 32.0. The Bertz CT molecular complexity index is 6320. The number of halogens is 5. The monoisotopic (exact) mass is 1630 g/mol. The van der Waals surface area contributed by atoms with Crippen molar-refractivity contribution in [2.45, 2.75) is 121 Å². The Morgan fingerprint density at radius 2 is 0.474 bits per heavy atom. The van der Waals surface area contributed by atoms with Crippen molar-refractivity contribution < 1.29 is 5.11 Å². The minimum atomic E-state index is 0.240. The predicted octanol–water partition coefficient (Wildman–Crippen LogP) is 30.6. The SMILES string of the molecule is Cc1[nH]c(-c2cc(Cl)cc3[nH]ccc23)c(C(C)C)c1-c1c(Cl)ccc2[nH]ccc12.Cc1[nH]c(-c2cc(O)cc3[nH]ccc23)c(C(C)C)c1-c1c(Cl)ccc2[nH]ccc12.Cc1cc(-c2[nH]c(C)c(-c3c(Cl)ccc4[nH]ccc34)c2C(C)C)c2cc[nH]c2c1.Cc1cc(-c2[nH]c(C)c(-c3c(Cl)ccc4[nH]ccc34)c2C(C)C)c2cc[nH]c2c1. The molecule has 116 heavy (non-hydrogen) atoms. The first-order chi connectivity index (χ1) is 55.8. The van der Waals surface area contributed by atoms with Gasteiger partial charge in [0.15, 0.2) is 0 Å². The van der Waals surface area contributed by atoms with Crippen molar-refractivity contribution >= 4 is 145 Å².